The van der Waals surface area contributed by atoms with Gasteiger partial charge in [0.2, 0.25) is 0 Å². The fraction of sp³-hybridized carbons (Fsp3) is 0.174. The SMILES string of the molecule is O=C(N[C@H]1CCCc2ccccc21)c1ccc(S(=O)(=O)Nc2ccccc2)cc1. The van der Waals surface area contributed by atoms with E-state index in [1.165, 1.54) is 23.3 Å². The Bertz CT molecular complexity index is 1110. The average molecular weight is 407 g/mol. The maximum absolute atomic E-state index is 12.7. The van der Waals surface area contributed by atoms with E-state index in [2.05, 4.69) is 22.2 Å². The number of sulfonamides is 1. The normalized spacial score (nSPS) is 15.9. The van der Waals surface area contributed by atoms with Crippen LogP contribution in [0.4, 0.5) is 5.69 Å². The zero-order valence-electron chi connectivity index (χ0n) is 15.8. The fourth-order valence-electron chi connectivity index (χ4n) is 3.65. The summed E-state index contributed by atoms with van der Waals surface area (Å²) in [5, 5.41) is 3.09. The van der Waals surface area contributed by atoms with E-state index in [1.54, 1.807) is 36.4 Å². The van der Waals surface area contributed by atoms with Gasteiger partial charge in [-0.3, -0.25) is 9.52 Å². The van der Waals surface area contributed by atoms with Crippen molar-refractivity contribution in [3.8, 4) is 0 Å². The van der Waals surface area contributed by atoms with Crippen LogP contribution in [0.2, 0.25) is 0 Å². The highest BCUT2D eigenvalue weighted by Crippen LogP contribution is 2.29. The molecule has 3 aromatic carbocycles. The molecular formula is C23H22N2O3S. The zero-order chi connectivity index (χ0) is 20.3. The Balaban J connectivity index is 1.47. The fourth-order valence-corrected chi connectivity index (χ4v) is 4.71. The van der Waals surface area contributed by atoms with Gasteiger partial charge in [0, 0.05) is 11.3 Å². The van der Waals surface area contributed by atoms with Gasteiger partial charge in [0.25, 0.3) is 15.9 Å². The van der Waals surface area contributed by atoms with Crippen LogP contribution in [0.3, 0.4) is 0 Å². The summed E-state index contributed by atoms with van der Waals surface area (Å²) in [5.41, 5.74) is 3.37. The van der Waals surface area contributed by atoms with Crippen LogP contribution in [-0.2, 0) is 16.4 Å². The molecule has 0 fully saturated rings. The van der Waals surface area contributed by atoms with Gasteiger partial charge in [0.15, 0.2) is 0 Å². The standard InChI is InChI=1S/C23H22N2O3S/c26-23(24-22-12-6-8-17-7-4-5-11-21(17)22)18-13-15-20(16-14-18)29(27,28)25-19-9-2-1-3-10-19/h1-5,7,9-11,13-16,22,25H,6,8,12H2,(H,24,26)/t22-/m0/s1. The molecule has 2 N–H and O–H groups in total. The molecule has 1 aliphatic rings. The lowest BCUT2D eigenvalue weighted by Crippen LogP contribution is -2.31. The van der Waals surface area contributed by atoms with Crippen LogP contribution >= 0.6 is 0 Å². The number of amides is 1. The van der Waals surface area contributed by atoms with Crippen molar-refractivity contribution in [2.75, 3.05) is 4.72 Å². The number of rotatable bonds is 5. The first kappa shape index (κ1) is 19.2. The highest BCUT2D eigenvalue weighted by molar-refractivity contribution is 7.92. The van der Waals surface area contributed by atoms with Crippen molar-refractivity contribution in [3.63, 3.8) is 0 Å². The number of carbonyl (C=O) groups is 1. The van der Waals surface area contributed by atoms with E-state index in [0.29, 0.717) is 11.3 Å². The summed E-state index contributed by atoms with van der Waals surface area (Å²) in [6, 6.07) is 22.8. The summed E-state index contributed by atoms with van der Waals surface area (Å²) in [5.74, 6) is -0.202. The summed E-state index contributed by atoms with van der Waals surface area (Å²) < 4.78 is 27.6. The first-order valence-corrected chi connectivity index (χ1v) is 11.1. The van der Waals surface area contributed by atoms with Gasteiger partial charge in [-0.05, 0) is 66.8 Å². The molecule has 1 atom stereocenters. The van der Waals surface area contributed by atoms with E-state index in [1.807, 2.05) is 18.2 Å². The molecule has 4 rings (SSSR count). The number of anilines is 1. The Kier molecular flexibility index (Phi) is 5.36. The van der Waals surface area contributed by atoms with E-state index < -0.39 is 10.0 Å². The molecule has 0 aliphatic heterocycles. The van der Waals surface area contributed by atoms with E-state index in [-0.39, 0.29) is 16.8 Å². The van der Waals surface area contributed by atoms with E-state index in [0.717, 1.165) is 19.3 Å². The third kappa shape index (κ3) is 4.32. The minimum atomic E-state index is -3.70. The molecule has 3 aromatic rings. The van der Waals surface area contributed by atoms with Crippen molar-refractivity contribution in [1.82, 2.24) is 5.32 Å². The van der Waals surface area contributed by atoms with E-state index in [9.17, 15) is 13.2 Å². The number of hydrogen-bond donors (Lipinski definition) is 2. The molecule has 0 unspecified atom stereocenters. The van der Waals surface area contributed by atoms with Crippen molar-refractivity contribution in [2.24, 2.45) is 0 Å². The molecule has 0 aromatic heterocycles. The predicted octanol–water partition coefficient (Wildman–Crippen LogP) is 4.29. The lowest BCUT2D eigenvalue weighted by Gasteiger charge is -2.26. The third-order valence-electron chi connectivity index (χ3n) is 5.13. The van der Waals surface area contributed by atoms with Gasteiger partial charge in [0.1, 0.15) is 0 Å². The molecule has 1 amide bonds. The number of nitrogens with one attached hydrogen (secondary N) is 2. The van der Waals surface area contributed by atoms with E-state index >= 15 is 0 Å². The molecule has 29 heavy (non-hydrogen) atoms. The molecule has 0 radical (unpaired) electrons. The van der Waals surface area contributed by atoms with Gasteiger partial charge in [0.05, 0.1) is 10.9 Å². The summed E-state index contributed by atoms with van der Waals surface area (Å²) >= 11 is 0. The molecule has 0 heterocycles. The minimum absolute atomic E-state index is 0.0180. The lowest BCUT2D eigenvalue weighted by atomic mass is 9.87. The molecular weight excluding hydrogens is 384 g/mol. The topological polar surface area (TPSA) is 75.3 Å². The largest absolute Gasteiger partial charge is 0.345 e. The molecule has 0 saturated carbocycles. The smallest absolute Gasteiger partial charge is 0.261 e. The Labute approximate surface area is 170 Å². The summed E-state index contributed by atoms with van der Waals surface area (Å²) in [4.78, 5) is 12.8. The Morgan fingerprint density at radius 1 is 0.862 bits per heavy atom. The second-order valence-electron chi connectivity index (χ2n) is 7.11. The molecule has 0 saturated heterocycles. The molecule has 0 bridgehead atoms. The van der Waals surface area contributed by atoms with Gasteiger partial charge >= 0.3 is 0 Å². The van der Waals surface area contributed by atoms with Crippen LogP contribution in [0.5, 0.6) is 0 Å². The summed E-state index contributed by atoms with van der Waals surface area (Å²) in [7, 11) is -3.70. The molecule has 5 nitrogen and oxygen atoms in total. The lowest BCUT2D eigenvalue weighted by molar-refractivity contribution is 0.0932. The zero-order valence-corrected chi connectivity index (χ0v) is 16.7. The maximum atomic E-state index is 12.7. The number of aryl methyl sites for hydroxylation is 1. The monoisotopic (exact) mass is 406 g/mol. The number of benzene rings is 3. The average Bonchev–Trinajstić information content (AvgIpc) is 2.74. The Morgan fingerprint density at radius 3 is 2.31 bits per heavy atom. The van der Waals surface area contributed by atoms with Crippen LogP contribution in [0, 0.1) is 0 Å². The van der Waals surface area contributed by atoms with Crippen molar-refractivity contribution in [3.05, 3.63) is 95.6 Å². The first-order valence-electron chi connectivity index (χ1n) is 9.59. The van der Waals surface area contributed by atoms with Crippen LogP contribution in [0.1, 0.15) is 40.4 Å². The number of fused-ring (bicyclic) bond motifs is 1. The van der Waals surface area contributed by atoms with Gasteiger partial charge in [-0.25, -0.2) is 8.42 Å². The van der Waals surface area contributed by atoms with Crippen molar-refractivity contribution in [2.45, 2.75) is 30.2 Å². The summed E-state index contributed by atoms with van der Waals surface area (Å²) in [6.45, 7) is 0. The minimum Gasteiger partial charge on any atom is -0.345 e. The predicted molar refractivity (Wildman–Crippen MR) is 113 cm³/mol. The molecule has 0 spiro atoms. The Hall–Kier alpha value is -3.12. The first-order chi connectivity index (χ1) is 14.0. The van der Waals surface area contributed by atoms with Crippen LogP contribution in [-0.4, -0.2) is 14.3 Å². The van der Waals surface area contributed by atoms with Crippen LogP contribution in [0.15, 0.2) is 83.8 Å². The third-order valence-corrected chi connectivity index (χ3v) is 6.52. The van der Waals surface area contributed by atoms with Gasteiger partial charge in [-0.2, -0.15) is 0 Å². The van der Waals surface area contributed by atoms with E-state index in [4.69, 9.17) is 0 Å². The van der Waals surface area contributed by atoms with Gasteiger partial charge in [-0.1, -0.05) is 42.5 Å². The second-order valence-corrected chi connectivity index (χ2v) is 8.80. The highest BCUT2D eigenvalue weighted by Gasteiger charge is 2.22. The Morgan fingerprint density at radius 2 is 1.55 bits per heavy atom. The van der Waals surface area contributed by atoms with Crippen molar-refractivity contribution in [1.29, 1.82) is 0 Å². The maximum Gasteiger partial charge on any atom is 0.261 e. The molecule has 6 heteroatoms. The van der Waals surface area contributed by atoms with Gasteiger partial charge < -0.3 is 5.32 Å². The second kappa shape index (κ2) is 8.09. The summed E-state index contributed by atoms with van der Waals surface area (Å²) in [6.07, 6.45) is 2.96. The quantitative estimate of drug-likeness (QED) is 0.664. The van der Waals surface area contributed by atoms with Crippen LogP contribution < -0.4 is 10.0 Å². The number of para-hydroxylation sites is 1. The van der Waals surface area contributed by atoms with Gasteiger partial charge in [-0.15, -0.1) is 0 Å². The molecule has 148 valence electrons. The highest BCUT2D eigenvalue weighted by atomic mass is 32.2. The van der Waals surface area contributed by atoms with Crippen molar-refractivity contribution >= 4 is 21.6 Å². The molecule has 1 aliphatic carbocycles. The van der Waals surface area contributed by atoms with Crippen molar-refractivity contribution < 1.29 is 13.2 Å². The van der Waals surface area contributed by atoms with Crippen LogP contribution in [0.25, 0.3) is 0 Å². The number of carbonyl (C=O) groups excluding carboxylic acids is 1. The number of hydrogen-bond acceptors (Lipinski definition) is 3.